The maximum atomic E-state index is 11.8. The Labute approximate surface area is 170 Å². The van der Waals surface area contributed by atoms with E-state index in [1.807, 2.05) is 0 Å². The van der Waals surface area contributed by atoms with Crippen LogP contribution in [0.5, 0.6) is 0 Å². The second kappa shape index (κ2) is 17.0. The molecule has 0 aromatic heterocycles. The monoisotopic (exact) mass is 405 g/mol. The molecule has 0 fully saturated rings. The number of hydrogen-bond acceptors (Lipinski definition) is 3. The van der Waals surface area contributed by atoms with Crippen molar-refractivity contribution in [3.05, 3.63) is 0 Å². The van der Waals surface area contributed by atoms with Crippen molar-refractivity contribution in [3.8, 4) is 0 Å². The number of hydrogen-bond donors (Lipinski definition) is 0. The Bertz CT molecular complexity index is 369. The maximum absolute atomic E-state index is 11.8. The van der Waals surface area contributed by atoms with Crippen LogP contribution in [-0.2, 0) is 9.09 Å². The fourth-order valence-corrected chi connectivity index (χ4v) is 4.37. The van der Waals surface area contributed by atoms with Crippen LogP contribution in [0.3, 0.4) is 0 Å². The molecule has 0 aliphatic rings. The standard InChI is InChI=1S/C22H48NO3P/c1-5-6-7-8-9-10-11-12-13-14-15-16-17-18-21-26-27(24,25)22-19-20-23(2,3)4/h5-22H2,1-4H3. The van der Waals surface area contributed by atoms with Crippen LogP contribution in [-0.4, -0.2) is 44.9 Å². The zero-order valence-electron chi connectivity index (χ0n) is 18.8. The van der Waals surface area contributed by atoms with Gasteiger partial charge in [-0.05, 0) is 6.42 Å². The van der Waals surface area contributed by atoms with E-state index in [2.05, 4.69) is 28.1 Å². The van der Waals surface area contributed by atoms with Gasteiger partial charge in [0.15, 0.2) is 0 Å². The molecule has 0 radical (unpaired) electrons. The fourth-order valence-electron chi connectivity index (χ4n) is 3.30. The zero-order valence-corrected chi connectivity index (χ0v) is 19.7. The molecule has 0 aliphatic heterocycles. The van der Waals surface area contributed by atoms with Crippen LogP contribution in [0, 0.1) is 0 Å². The van der Waals surface area contributed by atoms with Crippen molar-refractivity contribution < 1.29 is 18.5 Å². The Morgan fingerprint density at radius 3 is 1.52 bits per heavy atom. The fraction of sp³-hybridized carbons (Fsp3) is 1.00. The quantitative estimate of drug-likeness (QED) is 0.139. The van der Waals surface area contributed by atoms with Crippen LogP contribution < -0.4 is 4.89 Å². The lowest BCUT2D eigenvalue weighted by Gasteiger charge is -2.27. The second-order valence-corrected chi connectivity index (χ2v) is 11.1. The summed E-state index contributed by atoms with van der Waals surface area (Å²) in [6, 6.07) is 0. The van der Waals surface area contributed by atoms with Gasteiger partial charge in [-0.1, -0.05) is 90.4 Å². The van der Waals surface area contributed by atoms with Crippen LogP contribution in [0.4, 0.5) is 0 Å². The molecule has 0 saturated heterocycles. The van der Waals surface area contributed by atoms with Crippen molar-refractivity contribution in [1.29, 1.82) is 0 Å². The van der Waals surface area contributed by atoms with Crippen molar-refractivity contribution in [1.82, 2.24) is 0 Å². The summed E-state index contributed by atoms with van der Waals surface area (Å²) in [5.41, 5.74) is 0. The van der Waals surface area contributed by atoms with Gasteiger partial charge < -0.3 is 18.5 Å². The van der Waals surface area contributed by atoms with E-state index < -0.39 is 7.60 Å². The first-order valence-corrected chi connectivity index (χ1v) is 13.2. The van der Waals surface area contributed by atoms with E-state index in [1.54, 1.807) is 0 Å². The minimum absolute atomic E-state index is 0.168. The first-order valence-electron chi connectivity index (χ1n) is 11.5. The van der Waals surface area contributed by atoms with Crippen molar-refractivity contribution in [2.75, 3.05) is 40.5 Å². The van der Waals surface area contributed by atoms with Gasteiger partial charge in [0.05, 0.1) is 34.3 Å². The van der Waals surface area contributed by atoms with Crippen LogP contribution in [0.2, 0.25) is 0 Å². The molecule has 0 heterocycles. The van der Waals surface area contributed by atoms with Gasteiger partial charge in [0.25, 0.3) is 0 Å². The van der Waals surface area contributed by atoms with E-state index >= 15 is 0 Å². The third-order valence-electron chi connectivity index (χ3n) is 5.05. The molecular weight excluding hydrogens is 357 g/mol. The lowest BCUT2D eigenvalue weighted by molar-refractivity contribution is -0.870. The predicted octanol–water partition coefficient (Wildman–Crippen LogP) is 6.13. The van der Waals surface area contributed by atoms with Crippen molar-refractivity contribution >= 4 is 7.60 Å². The Balaban J connectivity index is 3.31. The zero-order chi connectivity index (χ0) is 20.4. The molecule has 164 valence electrons. The molecule has 0 bridgehead atoms. The van der Waals surface area contributed by atoms with Crippen LogP contribution in [0.25, 0.3) is 0 Å². The molecule has 27 heavy (non-hydrogen) atoms. The van der Waals surface area contributed by atoms with Gasteiger partial charge in [-0.3, -0.25) is 0 Å². The van der Waals surface area contributed by atoms with E-state index in [9.17, 15) is 9.46 Å². The van der Waals surface area contributed by atoms with Gasteiger partial charge in [-0.15, -0.1) is 0 Å². The molecule has 1 unspecified atom stereocenters. The predicted molar refractivity (Wildman–Crippen MR) is 116 cm³/mol. The first-order chi connectivity index (χ1) is 12.8. The summed E-state index contributed by atoms with van der Waals surface area (Å²) in [6.07, 6.45) is 19.1. The highest BCUT2D eigenvalue weighted by Gasteiger charge is 2.12. The van der Waals surface area contributed by atoms with Gasteiger partial charge in [0, 0.05) is 12.6 Å². The molecule has 1 atom stereocenters. The summed E-state index contributed by atoms with van der Waals surface area (Å²) in [7, 11) is 2.60. The Kier molecular flexibility index (Phi) is 17.1. The molecule has 0 N–H and O–H groups in total. The lowest BCUT2D eigenvalue weighted by atomic mass is 10.0. The minimum atomic E-state index is -3.63. The largest absolute Gasteiger partial charge is 0.778 e. The SMILES string of the molecule is CCCCCCCCCCCCCCCCOP(=O)([O-])CCC[N+](C)(C)C. The highest BCUT2D eigenvalue weighted by Crippen LogP contribution is 2.37. The van der Waals surface area contributed by atoms with Crippen LogP contribution in [0.15, 0.2) is 0 Å². The van der Waals surface area contributed by atoms with Crippen molar-refractivity contribution in [3.63, 3.8) is 0 Å². The molecular formula is C22H48NO3P. The Morgan fingerprint density at radius 1 is 0.704 bits per heavy atom. The molecule has 0 amide bonds. The van der Waals surface area contributed by atoms with Crippen molar-refractivity contribution in [2.45, 2.75) is 103 Å². The average molecular weight is 406 g/mol. The highest BCUT2D eigenvalue weighted by molar-refractivity contribution is 7.51. The molecule has 0 aromatic carbocycles. The molecule has 5 heteroatoms. The normalized spacial score (nSPS) is 14.4. The third kappa shape index (κ3) is 22.3. The highest BCUT2D eigenvalue weighted by atomic mass is 31.2. The second-order valence-electron chi connectivity index (χ2n) is 9.13. The topological polar surface area (TPSA) is 49.4 Å². The molecule has 0 spiro atoms. The molecule has 0 saturated carbocycles. The number of rotatable bonds is 20. The lowest BCUT2D eigenvalue weighted by Crippen LogP contribution is -2.35. The summed E-state index contributed by atoms with van der Waals surface area (Å²) in [5, 5.41) is 0. The van der Waals surface area contributed by atoms with Crippen LogP contribution in [0.1, 0.15) is 103 Å². The van der Waals surface area contributed by atoms with E-state index in [-0.39, 0.29) is 6.16 Å². The number of nitrogens with zero attached hydrogens (tertiary/aromatic N) is 1. The first kappa shape index (κ1) is 27.1. The summed E-state index contributed by atoms with van der Waals surface area (Å²) in [6.45, 7) is 3.49. The molecule has 0 aromatic rings. The molecule has 0 rings (SSSR count). The maximum Gasteiger partial charge on any atom is 0.135 e. The van der Waals surface area contributed by atoms with Gasteiger partial charge in [0.2, 0.25) is 0 Å². The summed E-state index contributed by atoms with van der Waals surface area (Å²) >= 11 is 0. The summed E-state index contributed by atoms with van der Waals surface area (Å²) < 4.78 is 17.8. The van der Waals surface area contributed by atoms with E-state index in [0.717, 1.165) is 23.9 Å². The Hall–Kier alpha value is 0.110. The van der Waals surface area contributed by atoms with E-state index in [1.165, 1.54) is 77.0 Å². The van der Waals surface area contributed by atoms with Gasteiger partial charge in [0.1, 0.15) is 7.60 Å². The average Bonchev–Trinajstić information content (AvgIpc) is 2.57. The Morgan fingerprint density at radius 2 is 1.11 bits per heavy atom. The smallest absolute Gasteiger partial charge is 0.135 e. The molecule has 4 nitrogen and oxygen atoms in total. The third-order valence-corrected chi connectivity index (χ3v) is 6.49. The number of quaternary nitrogens is 1. The van der Waals surface area contributed by atoms with E-state index in [0.29, 0.717) is 13.0 Å². The van der Waals surface area contributed by atoms with Gasteiger partial charge >= 0.3 is 0 Å². The summed E-state index contributed by atoms with van der Waals surface area (Å²) in [5.74, 6) is 0. The van der Waals surface area contributed by atoms with Gasteiger partial charge in [-0.25, -0.2) is 0 Å². The van der Waals surface area contributed by atoms with Crippen molar-refractivity contribution in [2.24, 2.45) is 0 Å². The van der Waals surface area contributed by atoms with Gasteiger partial charge in [-0.2, -0.15) is 0 Å². The summed E-state index contributed by atoms with van der Waals surface area (Å²) in [4.78, 5) is 11.8. The van der Waals surface area contributed by atoms with Crippen LogP contribution >= 0.6 is 7.60 Å². The molecule has 0 aliphatic carbocycles. The minimum Gasteiger partial charge on any atom is -0.778 e. The number of unbranched alkanes of at least 4 members (excludes halogenated alkanes) is 13. The van der Waals surface area contributed by atoms with E-state index in [4.69, 9.17) is 4.52 Å².